The molecule has 0 radical (unpaired) electrons. The number of carbonyl (C=O) groups excluding carboxylic acids is 1. The highest BCUT2D eigenvalue weighted by molar-refractivity contribution is 5.97. The summed E-state index contributed by atoms with van der Waals surface area (Å²) in [5, 5.41) is 22.2. The SMILES string of the molecule is Cc1cccc(C(=O)NCC2CCCCC2CO)c1O. The lowest BCUT2D eigenvalue weighted by Gasteiger charge is -2.30. The second kappa shape index (κ2) is 6.75. The highest BCUT2D eigenvalue weighted by atomic mass is 16.3. The van der Waals surface area contributed by atoms with E-state index in [1.54, 1.807) is 25.1 Å². The zero-order valence-corrected chi connectivity index (χ0v) is 11.9. The first kappa shape index (κ1) is 14.9. The van der Waals surface area contributed by atoms with Crippen LogP contribution in [-0.2, 0) is 0 Å². The van der Waals surface area contributed by atoms with Crippen LogP contribution in [0.3, 0.4) is 0 Å². The molecule has 1 saturated carbocycles. The van der Waals surface area contributed by atoms with Gasteiger partial charge in [-0.25, -0.2) is 0 Å². The summed E-state index contributed by atoms with van der Waals surface area (Å²) in [6, 6.07) is 5.16. The van der Waals surface area contributed by atoms with Crippen molar-refractivity contribution < 1.29 is 15.0 Å². The third kappa shape index (κ3) is 3.31. The number of aryl methyl sites for hydroxylation is 1. The van der Waals surface area contributed by atoms with Crippen molar-refractivity contribution in [2.24, 2.45) is 11.8 Å². The van der Waals surface area contributed by atoms with Crippen LogP contribution in [0, 0.1) is 18.8 Å². The third-order valence-electron chi connectivity index (χ3n) is 4.31. The van der Waals surface area contributed by atoms with Gasteiger partial charge in [-0.15, -0.1) is 0 Å². The molecule has 2 rings (SSSR count). The van der Waals surface area contributed by atoms with Crippen molar-refractivity contribution in [3.8, 4) is 5.75 Å². The van der Waals surface area contributed by atoms with Crippen LogP contribution in [0.25, 0.3) is 0 Å². The minimum absolute atomic E-state index is 0.0485. The van der Waals surface area contributed by atoms with E-state index in [0.29, 0.717) is 23.6 Å². The van der Waals surface area contributed by atoms with Crippen LogP contribution in [0.1, 0.15) is 41.6 Å². The van der Waals surface area contributed by atoms with E-state index in [2.05, 4.69) is 5.32 Å². The van der Waals surface area contributed by atoms with Gasteiger partial charge in [-0.3, -0.25) is 4.79 Å². The van der Waals surface area contributed by atoms with Crippen molar-refractivity contribution in [3.05, 3.63) is 29.3 Å². The van der Waals surface area contributed by atoms with Gasteiger partial charge >= 0.3 is 0 Å². The Balaban J connectivity index is 1.96. The number of rotatable bonds is 4. The Hall–Kier alpha value is -1.55. The van der Waals surface area contributed by atoms with Crippen LogP contribution in [0.5, 0.6) is 5.75 Å². The van der Waals surface area contributed by atoms with E-state index in [1.807, 2.05) is 0 Å². The Morgan fingerprint density at radius 1 is 1.30 bits per heavy atom. The first-order chi connectivity index (χ1) is 9.63. The Bertz CT molecular complexity index is 473. The number of aliphatic hydroxyl groups excluding tert-OH is 1. The topological polar surface area (TPSA) is 69.6 Å². The second-order valence-electron chi connectivity index (χ2n) is 5.67. The quantitative estimate of drug-likeness (QED) is 0.790. The van der Waals surface area contributed by atoms with Crippen LogP contribution >= 0.6 is 0 Å². The molecule has 1 fully saturated rings. The third-order valence-corrected chi connectivity index (χ3v) is 4.31. The summed E-state index contributed by atoms with van der Waals surface area (Å²) in [4.78, 5) is 12.1. The molecule has 2 unspecified atom stereocenters. The standard InChI is InChI=1S/C16H23NO3/c1-11-5-4-8-14(15(11)19)16(20)17-9-12-6-2-3-7-13(12)10-18/h4-5,8,12-13,18-19H,2-3,6-7,9-10H2,1H3,(H,17,20). The van der Waals surface area contributed by atoms with E-state index in [4.69, 9.17) is 0 Å². The highest BCUT2D eigenvalue weighted by Gasteiger charge is 2.25. The summed E-state index contributed by atoms with van der Waals surface area (Å²) < 4.78 is 0. The lowest BCUT2D eigenvalue weighted by atomic mass is 9.79. The van der Waals surface area contributed by atoms with Crippen LogP contribution in [0.15, 0.2) is 18.2 Å². The molecule has 4 heteroatoms. The minimum atomic E-state index is -0.242. The number of phenols is 1. The van der Waals surface area contributed by atoms with Crippen LogP contribution in [0.2, 0.25) is 0 Å². The first-order valence-corrected chi connectivity index (χ1v) is 7.31. The molecule has 0 heterocycles. The fraction of sp³-hybridized carbons (Fsp3) is 0.562. The summed E-state index contributed by atoms with van der Waals surface area (Å²) in [6.45, 7) is 2.53. The summed E-state index contributed by atoms with van der Waals surface area (Å²) >= 11 is 0. The van der Waals surface area contributed by atoms with E-state index >= 15 is 0 Å². The number of amides is 1. The van der Waals surface area contributed by atoms with Crippen molar-refractivity contribution in [1.29, 1.82) is 0 Å². The van der Waals surface area contributed by atoms with Crippen molar-refractivity contribution in [2.75, 3.05) is 13.2 Å². The molecule has 110 valence electrons. The van der Waals surface area contributed by atoms with Gasteiger partial charge in [0.25, 0.3) is 5.91 Å². The molecule has 1 amide bonds. The molecule has 0 aliphatic heterocycles. The van der Waals surface area contributed by atoms with E-state index < -0.39 is 0 Å². The molecule has 0 bridgehead atoms. The van der Waals surface area contributed by atoms with Gasteiger partial charge in [0.1, 0.15) is 5.75 Å². The molecule has 1 aromatic carbocycles. The molecule has 0 saturated heterocycles. The van der Waals surface area contributed by atoms with Crippen LogP contribution in [0.4, 0.5) is 0 Å². The average Bonchev–Trinajstić information content (AvgIpc) is 2.48. The second-order valence-corrected chi connectivity index (χ2v) is 5.67. The number of carbonyl (C=O) groups is 1. The van der Waals surface area contributed by atoms with E-state index in [0.717, 1.165) is 25.7 Å². The minimum Gasteiger partial charge on any atom is -0.507 e. The predicted molar refractivity (Wildman–Crippen MR) is 77.7 cm³/mol. The van der Waals surface area contributed by atoms with Crippen molar-refractivity contribution in [1.82, 2.24) is 5.32 Å². The number of hydrogen-bond acceptors (Lipinski definition) is 3. The van der Waals surface area contributed by atoms with Crippen LogP contribution < -0.4 is 5.32 Å². The molecule has 4 nitrogen and oxygen atoms in total. The van der Waals surface area contributed by atoms with Crippen molar-refractivity contribution >= 4 is 5.91 Å². The van der Waals surface area contributed by atoms with Gasteiger partial charge in [-0.05, 0) is 43.2 Å². The fourth-order valence-corrected chi connectivity index (χ4v) is 2.95. The molecule has 2 atom stereocenters. The lowest BCUT2D eigenvalue weighted by Crippen LogP contribution is -2.35. The predicted octanol–water partition coefficient (Wildman–Crippen LogP) is 2.23. The number of benzene rings is 1. The van der Waals surface area contributed by atoms with Gasteiger partial charge in [0.05, 0.1) is 5.56 Å². The lowest BCUT2D eigenvalue weighted by molar-refractivity contribution is 0.0906. The molecule has 1 aliphatic rings. The molecular formula is C16H23NO3. The number of aromatic hydroxyl groups is 1. The molecule has 1 aliphatic carbocycles. The Morgan fingerprint density at radius 3 is 2.70 bits per heavy atom. The number of phenolic OH excluding ortho intramolecular Hbond substituents is 1. The van der Waals surface area contributed by atoms with Crippen molar-refractivity contribution in [3.63, 3.8) is 0 Å². The highest BCUT2D eigenvalue weighted by Crippen LogP contribution is 2.29. The number of hydrogen-bond donors (Lipinski definition) is 3. The van der Waals surface area contributed by atoms with Gasteiger partial charge in [0.15, 0.2) is 0 Å². The maximum absolute atomic E-state index is 12.1. The number of aliphatic hydroxyl groups is 1. The smallest absolute Gasteiger partial charge is 0.255 e. The molecule has 20 heavy (non-hydrogen) atoms. The van der Waals surface area contributed by atoms with Gasteiger partial charge in [0.2, 0.25) is 0 Å². The van der Waals surface area contributed by atoms with Crippen LogP contribution in [-0.4, -0.2) is 29.3 Å². The van der Waals surface area contributed by atoms with E-state index in [1.165, 1.54) is 0 Å². The van der Waals surface area contributed by atoms with Gasteiger partial charge in [0, 0.05) is 13.2 Å². The normalized spacial score (nSPS) is 22.5. The van der Waals surface area contributed by atoms with Gasteiger partial charge in [-0.2, -0.15) is 0 Å². The molecule has 1 aromatic rings. The summed E-state index contributed by atoms with van der Waals surface area (Å²) in [6.07, 6.45) is 4.40. The Morgan fingerprint density at radius 2 is 2.00 bits per heavy atom. The zero-order chi connectivity index (χ0) is 14.5. The molecular weight excluding hydrogens is 254 g/mol. The maximum atomic E-state index is 12.1. The van der Waals surface area contributed by atoms with Gasteiger partial charge < -0.3 is 15.5 Å². The average molecular weight is 277 g/mol. The monoisotopic (exact) mass is 277 g/mol. The first-order valence-electron chi connectivity index (χ1n) is 7.31. The van der Waals surface area contributed by atoms with Crippen molar-refractivity contribution in [2.45, 2.75) is 32.6 Å². The van der Waals surface area contributed by atoms with Gasteiger partial charge in [-0.1, -0.05) is 25.0 Å². The summed E-state index contributed by atoms with van der Waals surface area (Å²) in [5.74, 6) is 0.431. The van der Waals surface area contributed by atoms with E-state index in [-0.39, 0.29) is 24.2 Å². The largest absolute Gasteiger partial charge is 0.507 e. The number of para-hydroxylation sites is 1. The summed E-state index contributed by atoms with van der Waals surface area (Å²) in [5.41, 5.74) is 1.02. The molecule has 0 spiro atoms. The number of nitrogens with one attached hydrogen (secondary N) is 1. The molecule has 0 aromatic heterocycles. The fourth-order valence-electron chi connectivity index (χ4n) is 2.95. The maximum Gasteiger partial charge on any atom is 0.255 e. The zero-order valence-electron chi connectivity index (χ0n) is 11.9. The Kier molecular flexibility index (Phi) is 5.01. The molecule has 3 N–H and O–H groups in total. The summed E-state index contributed by atoms with van der Waals surface area (Å²) in [7, 11) is 0. The Labute approximate surface area is 119 Å². The van der Waals surface area contributed by atoms with E-state index in [9.17, 15) is 15.0 Å².